The summed E-state index contributed by atoms with van der Waals surface area (Å²) in [5, 5.41) is 2.57. The van der Waals surface area contributed by atoms with Gasteiger partial charge in [-0.1, -0.05) is 6.92 Å². The molecule has 1 aliphatic carbocycles. The number of nitrogens with one attached hydrogen (secondary N) is 1. The number of esters is 1. The van der Waals surface area contributed by atoms with Gasteiger partial charge in [-0.05, 0) is 36.6 Å². The van der Waals surface area contributed by atoms with E-state index < -0.39 is 11.8 Å². The molecule has 0 aliphatic heterocycles. The van der Waals surface area contributed by atoms with Crippen LogP contribution in [0.15, 0.2) is 24.3 Å². The molecular formula is C14H16N2O4. The molecule has 2 rings (SSSR count). The predicted octanol–water partition coefficient (Wildman–Crippen LogP) is 0.923. The highest BCUT2D eigenvalue weighted by Gasteiger charge is 2.40. The minimum Gasteiger partial charge on any atom is -0.455 e. The third kappa shape index (κ3) is 3.57. The molecule has 20 heavy (non-hydrogen) atoms. The van der Waals surface area contributed by atoms with Crippen molar-refractivity contribution < 1.29 is 19.1 Å². The Hall–Kier alpha value is -2.37. The van der Waals surface area contributed by atoms with Gasteiger partial charge < -0.3 is 15.8 Å². The van der Waals surface area contributed by atoms with Gasteiger partial charge in [-0.3, -0.25) is 14.4 Å². The number of carbonyl (C=O) groups is 3. The van der Waals surface area contributed by atoms with Gasteiger partial charge in [0, 0.05) is 11.3 Å². The largest absolute Gasteiger partial charge is 0.455 e. The van der Waals surface area contributed by atoms with Gasteiger partial charge in [0.05, 0.1) is 5.92 Å². The fourth-order valence-corrected chi connectivity index (χ4v) is 1.81. The molecule has 2 atom stereocenters. The summed E-state index contributed by atoms with van der Waals surface area (Å²) in [6, 6.07) is 6.14. The highest BCUT2D eigenvalue weighted by molar-refractivity contribution is 5.95. The molecule has 0 heterocycles. The van der Waals surface area contributed by atoms with Crippen molar-refractivity contribution in [2.75, 3.05) is 11.9 Å². The topological polar surface area (TPSA) is 98.5 Å². The second-order valence-electron chi connectivity index (χ2n) is 4.92. The summed E-state index contributed by atoms with van der Waals surface area (Å²) in [4.78, 5) is 33.9. The van der Waals surface area contributed by atoms with E-state index in [1.807, 2.05) is 6.92 Å². The molecule has 6 heteroatoms. The average Bonchev–Trinajstić information content (AvgIpc) is 3.14. The van der Waals surface area contributed by atoms with Crippen LogP contribution in [0.25, 0.3) is 0 Å². The van der Waals surface area contributed by atoms with Crippen LogP contribution in [0.3, 0.4) is 0 Å². The molecule has 1 aliphatic rings. The van der Waals surface area contributed by atoms with E-state index in [-0.39, 0.29) is 18.5 Å². The van der Waals surface area contributed by atoms with E-state index in [9.17, 15) is 14.4 Å². The molecule has 0 spiro atoms. The van der Waals surface area contributed by atoms with Crippen LogP contribution in [0, 0.1) is 11.8 Å². The number of hydrogen-bond acceptors (Lipinski definition) is 4. The first kappa shape index (κ1) is 14.0. The Bertz CT molecular complexity index is 539. The van der Waals surface area contributed by atoms with Gasteiger partial charge in [0.2, 0.25) is 5.91 Å². The maximum Gasteiger partial charge on any atom is 0.309 e. The minimum absolute atomic E-state index is 0.0577. The lowest BCUT2D eigenvalue weighted by molar-refractivity contribution is -0.148. The fraction of sp³-hybridized carbons (Fsp3) is 0.357. The van der Waals surface area contributed by atoms with E-state index in [1.54, 1.807) is 12.1 Å². The van der Waals surface area contributed by atoms with Crippen LogP contribution >= 0.6 is 0 Å². The lowest BCUT2D eigenvalue weighted by atomic mass is 10.2. The number of carbonyl (C=O) groups excluding carboxylic acids is 3. The van der Waals surface area contributed by atoms with Crippen molar-refractivity contribution in [1.29, 1.82) is 0 Å². The first-order chi connectivity index (χ1) is 9.47. The Balaban J connectivity index is 1.79. The molecule has 0 radical (unpaired) electrons. The molecule has 3 N–H and O–H groups in total. The number of primary amides is 1. The van der Waals surface area contributed by atoms with Crippen LogP contribution in [0.2, 0.25) is 0 Å². The van der Waals surface area contributed by atoms with Gasteiger partial charge in [0.25, 0.3) is 5.91 Å². The van der Waals surface area contributed by atoms with E-state index in [2.05, 4.69) is 5.32 Å². The van der Waals surface area contributed by atoms with Crippen molar-refractivity contribution in [2.24, 2.45) is 17.6 Å². The van der Waals surface area contributed by atoms with Gasteiger partial charge in [-0.15, -0.1) is 0 Å². The number of anilines is 1. The number of ether oxygens (including phenoxy) is 1. The number of amides is 2. The van der Waals surface area contributed by atoms with E-state index in [4.69, 9.17) is 10.5 Å². The van der Waals surface area contributed by atoms with Crippen molar-refractivity contribution >= 4 is 23.5 Å². The molecule has 0 saturated heterocycles. The Morgan fingerprint density at radius 2 is 1.90 bits per heavy atom. The molecular weight excluding hydrogens is 260 g/mol. The summed E-state index contributed by atoms with van der Waals surface area (Å²) in [6.45, 7) is 1.66. The molecule has 1 fully saturated rings. The Morgan fingerprint density at radius 1 is 1.30 bits per heavy atom. The summed E-state index contributed by atoms with van der Waals surface area (Å²) in [5.41, 5.74) is 5.98. The van der Waals surface area contributed by atoms with E-state index >= 15 is 0 Å². The monoisotopic (exact) mass is 276 g/mol. The lowest BCUT2D eigenvalue weighted by Gasteiger charge is -2.06. The minimum atomic E-state index is -0.532. The zero-order valence-electron chi connectivity index (χ0n) is 11.1. The van der Waals surface area contributed by atoms with Crippen LogP contribution in [-0.2, 0) is 14.3 Å². The third-order valence-corrected chi connectivity index (χ3v) is 3.21. The zero-order valence-corrected chi connectivity index (χ0v) is 11.1. The maximum atomic E-state index is 11.6. The summed E-state index contributed by atoms with van der Waals surface area (Å²) >= 11 is 0. The molecule has 0 unspecified atom stereocenters. The summed E-state index contributed by atoms with van der Waals surface area (Å²) in [5.74, 6) is -0.977. The standard InChI is InChI=1S/C14H16N2O4/c1-8-6-11(8)14(19)20-7-12(17)16-10-4-2-9(3-5-10)13(15)18/h2-5,8,11H,6-7H2,1H3,(H2,15,18)(H,16,17)/t8-,11-/m0/s1. The van der Waals surface area contributed by atoms with E-state index in [0.717, 1.165) is 6.42 Å². The first-order valence-electron chi connectivity index (χ1n) is 6.33. The van der Waals surface area contributed by atoms with E-state index in [0.29, 0.717) is 17.2 Å². The van der Waals surface area contributed by atoms with Crippen molar-refractivity contribution in [3.05, 3.63) is 29.8 Å². The summed E-state index contributed by atoms with van der Waals surface area (Å²) in [7, 11) is 0. The highest BCUT2D eigenvalue weighted by atomic mass is 16.5. The van der Waals surface area contributed by atoms with Crippen LogP contribution in [0.4, 0.5) is 5.69 Å². The fourth-order valence-electron chi connectivity index (χ4n) is 1.81. The maximum absolute atomic E-state index is 11.6. The first-order valence-corrected chi connectivity index (χ1v) is 6.33. The van der Waals surface area contributed by atoms with Gasteiger partial charge in [-0.25, -0.2) is 0 Å². The molecule has 106 valence electrons. The van der Waals surface area contributed by atoms with Crippen LogP contribution < -0.4 is 11.1 Å². The second-order valence-corrected chi connectivity index (χ2v) is 4.92. The molecule has 1 aromatic rings. The quantitative estimate of drug-likeness (QED) is 0.781. The SMILES string of the molecule is C[C@H]1C[C@@H]1C(=O)OCC(=O)Nc1ccc(C(N)=O)cc1. The molecule has 0 bridgehead atoms. The van der Waals surface area contributed by atoms with Crippen LogP contribution in [0.1, 0.15) is 23.7 Å². The second kappa shape index (κ2) is 5.73. The Morgan fingerprint density at radius 3 is 2.40 bits per heavy atom. The smallest absolute Gasteiger partial charge is 0.309 e. The number of nitrogens with two attached hydrogens (primary N) is 1. The highest BCUT2D eigenvalue weighted by Crippen LogP contribution is 2.38. The zero-order chi connectivity index (χ0) is 14.7. The number of rotatable bonds is 5. The summed E-state index contributed by atoms with van der Waals surface area (Å²) in [6.07, 6.45) is 0.828. The normalized spacial score (nSPS) is 20.1. The lowest BCUT2D eigenvalue weighted by Crippen LogP contribution is -2.21. The van der Waals surface area contributed by atoms with Gasteiger partial charge in [-0.2, -0.15) is 0 Å². The van der Waals surface area contributed by atoms with Gasteiger partial charge in [0.15, 0.2) is 6.61 Å². The van der Waals surface area contributed by atoms with Gasteiger partial charge in [0.1, 0.15) is 0 Å². The Kier molecular flexibility index (Phi) is 4.02. The molecule has 1 aromatic carbocycles. The number of benzene rings is 1. The molecule has 0 aromatic heterocycles. The van der Waals surface area contributed by atoms with Crippen molar-refractivity contribution in [3.63, 3.8) is 0 Å². The average molecular weight is 276 g/mol. The predicted molar refractivity (Wildman–Crippen MR) is 71.8 cm³/mol. The molecule has 6 nitrogen and oxygen atoms in total. The van der Waals surface area contributed by atoms with Crippen molar-refractivity contribution in [3.8, 4) is 0 Å². The van der Waals surface area contributed by atoms with Crippen molar-refractivity contribution in [2.45, 2.75) is 13.3 Å². The van der Waals surface area contributed by atoms with Gasteiger partial charge >= 0.3 is 5.97 Å². The number of hydrogen-bond donors (Lipinski definition) is 2. The molecule has 1 saturated carbocycles. The Labute approximate surface area is 116 Å². The summed E-state index contributed by atoms with van der Waals surface area (Å²) < 4.78 is 4.91. The van der Waals surface area contributed by atoms with Crippen molar-refractivity contribution in [1.82, 2.24) is 0 Å². The third-order valence-electron chi connectivity index (χ3n) is 3.21. The van der Waals surface area contributed by atoms with Crippen LogP contribution in [0.5, 0.6) is 0 Å². The van der Waals surface area contributed by atoms with E-state index in [1.165, 1.54) is 12.1 Å². The molecule has 2 amide bonds. The van der Waals surface area contributed by atoms with Crippen LogP contribution in [-0.4, -0.2) is 24.4 Å².